The van der Waals surface area contributed by atoms with Gasteiger partial charge in [0.2, 0.25) is 0 Å². The lowest BCUT2D eigenvalue weighted by Crippen LogP contribution is -2.23. The van der Waals surface area contributed by atoms with E-state index in [4.69, 9.17) is 4.74 Å². The standard InChI is InChI=1S/C16H21N3O2/c1-13-15(12-20)16(18(2)10-7-11-21-3)19(17-13)14-8-5-4-6-9-14/h4-6,8-9,12H,7,10-11H2,1-3H3. The van der Waals surface area contributed by atoms with Crippen molar-refractivity contribution in [3.63, 3.8) is 0 Å². The number of carbonyl (C=O) groups is 1. The number of aryl methyl sites for hydroxylation is 1. The number of aromatic nitrogens is 2. The Labute approximate surface area is 125 Å². The van der Waals surface area contributed by atoms with Crippen molar-refractivity contribution in [2.45, 2.75) is 13.3 Å². The lowest BCUT2D eigenvalue weighted by atomic mass is 10.2. The van der Waals surface area contributed by atoms with Gasteiger partial charge in [-0.05, 0) is 25.5 Å². The van der Waals surface area contributed by atoms with E-state index in [9.17, 15) is 4.79 Å². The average molecular weight is 287 g/mol. The molecule has 0 unspecified atom stereocenters. The quantitative estimate of drug-likeness (QED) is 0.580. The van der Waals surface area contributed by atoms with Crippen LogP contribution in [0.3, 0.4) is 0 Å². The Balaban J connectivity index is 2.39. The highest BCUT2D eigenvalue weighted by Gasteiger charge is 2.19. The monoisotopic (exact) mass is 287 g/mol. The number of benzene rings is 1. The van der Waals surface area contributed by atoms with Gasteiger partial charge in [0, 0.05) is 27.3 Å². The molecule has 0 aliphatic carbocycles. The van der Waals surface area contributed by atoms with Gasteiger partial charge in [-0.3, -0.25) is 4.79 Å². The SMILES string of the molecule is COCCCN(C)c1c(C=O)c(C)nn1-c1ccccc1. The molecule has 0 bridgehead atoms. The molecular weight excluding hydrogens is 266 g/mol. The van der Waals surface area contributed by atoms with E-state index in [1.807, 2.05) is 49.0 Å². The number of aldehydes is 1. The number of rotatable bonds is 7. The van der Waals surface area contributed by atoms with Crippen molar-refractivity contribution in [2.75, 3.05) is 32.2 Å². The summed E-state index contributed by atoms with van der Waals surface area (Å²) >= 11 is 0. The van der Waals surface area contributed by atoms with Gasteiger partial charge in [-0.2, -0.15) is 5.10 Å². The summed E-state index contributed by atoms with van der Waals surface area (Å²) in [6.45, 7) is 3.35. The predicted molar refractivity (Wildman–Crippen MR) is 83.5 cm³/mol. The number of nitrogens with zero attached hydrogens (tertiary/aromatic N) is 3. The summed E-state index contributed by atoms with van der Waals surface area (Å²) in [6, 6.07) is 9.84. The van der Waals surface area contributed by atoms with Crippen molar-refractivity contribution in [3.05, 3.63) is 41.6 Å². The molecule has 0 atom stereocenters. The van der Waals surface area contributed by atoms with Crippen LogP contribution in [0.25, 0.3) is 5.69 Å². The molecule has 0 N–H and O–H groups in total. The first kappa shape index (κ1) is 15.3. The Morgan fingerprint density at radius 3 is 2.67 bits per heavy atom. The molecule has 5 nitrogen and oxygen atoms in total. The first-order valence-electron chi connectivity index (χ1n) is 6.99. The van der Waals surface area contributed by atoms with Crippen LogP contribution in [0, 0.1) is 6.92 Å². The minimum absolute atomic E-state index is 0.638. The number of para-hydroxylation sites is 1. The zero-order valence-corrected chi connectivity index (χ0v) is 12.7. The van der Waals surface area contributed by atoms with E-state index >= 15 is 0 Å². The molecule has 0 fully saturated rings. The van der Waals surface area contributed by atoms with Gasteiger partial charge in [-0.1, -0.05) is 18.2 Å². The fraction of sp³-hybridized carbons (Fsp3) is 0.375. The zero-order chi connectivity index (χ0) is 15.2. The van der Waals surface area contributed by atoms with Crippen molar-refractivity contribution in [3.8, 4) is 5.69 Å². The molecule has 1 heterocycles. The van der Waals surface area contributed by atoms with Crippen molar-refractivity contribution in [1.82, 2.24) is 9.78 Å². The maximum atomic E-state index is 11.4. The molecule has 1 aromatic carbocycles. The van der Waals surface area contributed by atoms with Crippen LogP contribution in [-0.4, -0.2) is 43.4 Å². The molecule has 5 heteroatoms. The Morgan fingerprint density at radius 2 is 2.05 bits per heavy atom. The molecule has 21 heavy (non-hydrogen) atoms. The Kier molecular flexibility index (Phi) is 5.11. The summed E-state index contributed by atoms with van der Waals surface area (Å²) in [5.74, 6) is 0.824. The van der Waals surface area contributed by atoms with Crippen LogP contribution in [-0.2, 0) is 4.74 Å². The molecular formula is C16H21N3O2. The Bertz CT molecular complexity index is 593. The number of carbonyl (C=O) groups excluding carboxylic acids is 1. The Morgan fingerprint density at radius 1 is 1.33 bits per heavy atom. The van der Waals surface area contributed by atoms with Gasteiger partial charge in [0.05, 0.1) is 16.9 Å². The van der Waals surface area contributed by atoms with E-state index in [-0.39, 0.29) is 0 Å². The number of anilines is 1. The fourth-order valence-corrected chi connectivity index (χ4v) is 2.33. The molecule has 112 valence electrons. The fourth-order valence-electron chi connectivity index (χ4n) is 2.33. The highest BCUT2D eigenvalue weighted by atomic mass is 16.5. The molecule has 2 aromatic rings. The van der Waals surface area contributed by atoms with Crippen LogP contribution in [0.1, 0.15) is 22.5 Å². The molecule has 2 rings (SSSR count). The smallest absolute Gasteiger partial charge is 0.155 e. The molecule has 0 amide bonds. The van der Waals surface area contributed by atoms with Gasteiger partial charge in [0.25, 0.3) is 0 Å². The van der Waals surface area contributed by atoms with Crippen molar-refractivity contribution in [1.29, 1.82) is 0 Å². The minimum Gasteiger partial charge on any atom is -0.385 e. The van der Waals surface area contributed by atoms with Gasteiger partial charge in [-0.25, -0.2) is 4.68 Å². The van der Waals surface area contributed by atoms with Gasteiger partial charge >= 0.3 is 0 Å². The van der Waals surface area contributed by atoms with Crippen LogP contribution < -0.4 is 4.90 Å². The highest BCUT2D eigenvalue weighted by molar-refractivity contribution is 5.85. The van der Waals surface area contributed by atoms with Crippen LogP contribution in [0.2, 0.25) is 0 Å². The third kappa shape index (κ3) is 3.31. The van der Waals surface area contributed by atoms with Gasteiger partial charge in [0.15, 0.2) is 6.29 Å². The second-order valence-corrected chi connectivity index (χ2v) is 4.96. The second-order valence-electron chi connectivity index (χ2n) is 4.96. The zero-order valence-electron chi connectivity index (χ0n) is 12.7. The van der Waals surface area contributed by atoms with Gasteiger partial charge in [-0.15, -0.1) is 0 Å². The lowest BCUT2D eigenvalue weighted by molar-refractivity contribution is 0.112. The molecule has 0 saturated heterocycles. The topological polar surface area (TPSA) is 47.4 Å². The average Bonchev–Trinajstić information content (AvgIpc) is 2.85. The van der Waals surface area contributed by atoms with E-state index in [1.165, 1.54) is 0 Å². The first-order chi connectivity index (χ1) is 10.2. The summed E-state index contributed by atoms with van der Waals surface area (Å²) in [7, 11) is 3.66. The van der Waals surface area contributed by atoms with Crippen LogP contribution >= 0.6 is 0 Å². The van der Waals surface area contributed by atoms with Crippen LogP contribution in [0.5, 0.6) is 0 Å². The van der Waals surface area contributed by atoms with Crippen LogP contribution in [0.15, 0.2) is 30.3 Å². The third-order valence-electron chi connectivity index (χ3n) is 3.40. The van der Waals surface area contributed by atoms with E-state index in [2.05, 4.69) is 10.00 Å². The maximum absolute atomic E-state index is 11.4. The Hall–Kier alpha value is -2.14. The summed E-state index contributed by atoms with van der Waals surface area (Å²) in [6.07, 6.45) is 1.77. The van der Waals surface area contributed by atoms with E-state index in [0.717, 1.165) is 36.5 Å². The van der Waals surface area contributed by atoms with Crippen molar-refractivity contribution >= 4 is 12.1 Å². The summed E-state index contributed by atoms with van der Waals surface area (Å²) < 4.78 is 6.91. The highest BCUT2D eigenvalue weighted by Crippen LogP contribution is 2.25. The molecule has 0 spiro atoms. The second kappa shape index (κ2) is 7.04. The first-order valence-corrected chi connectivity index (χ1v) is 6.99. The van der Waals surface area contributed by atoms with Crippen molar-refractivity contribution < 1.29 is 9.53 Å². The van der Waals surface area contributed by atoms with Gasteiger partial charge < -0.3 is 9.64 Å². The largest absolute Gasteiger partial charge is 0.385 e. The lowest BCUT2D eigenvalue weighted by Gasteiger charge is -2.21. The number of hydrogen-bond donors (Lipinski definition) is 0. The van der Waals surface area contributed by atoms with Gasteiger partial charge in [0.1, 0.15) is 5.82 Å². The number of ether oxygens (including phenoxy) is 1. The van der Waals surface area contributed by atoms with E-state index < -0.39 is 0 Å². The van der Waals surface area contributed by atoms with E-state index in [1.54, 1.807) is 7.11 Å². The molecule has 0 radical (unpaired) electrons. The molecule has 0 aliphatic rings. The number of hydrogen-bond acceptors (Lipinski definition) is 4. The van der Waals surface area contributed by atoms with Crippen LogP contribution in [0.4, 0.5) is 5.82 Å². The predicted octanol–water partition coefficient (Wildman–Crippen LogP) is 2.47. The van der Waals surface area contributed by atoms with Crippen molar-refractivity contribution in [2.24, 2.45) is 0 Å². The molecule has 0 aliphatic heterocycles. The van der Waals surface area contributed by atoms with E-state index in [0.29, 0.717) is 12.2 Å². The molecule has 0 saturated carbocycles. The number of methoxy groups -OCH3 is 1. The summed E-state index contributed by atoms with van der Waals surface area (Å²) in [5, 5.41) is 4.51. The summed E-state index contributed by atoms with van der Waals surface area (Å²) in [4.78, 5) is 13.5. The minimum atomic E-state index is 0.638. The summed E-state index contributed by atoms with van der Waals surface area (Å²) in [5.41, 5.74) is 2.32. The molecule has 1 aromatic heterocycles. The maximum Gasteiger partial charge on any atom is 0.155 e. The normalized spacial score (nSPS) is 10.6. The third-order valence-corrected chi connectivity index (χ3v) is 3.40.